The molecule has 1 aliphatic heterocycles. The zero-order chi connectivity index (χ0) is 21.3. The summed E-state index contributed by atoms with van der Waals surface area (Å²) in [5.74, 6) is 0.904. The number of nitrogens with zero attached hydrogens (tertiary/aromatic N) is 3. The zero-order valence-electron chi connectivity index (χ0n) is 16.7. The average molecular weight is 426 g/mol. The fourth-order valence-electron chi connectivity index (χ4n) is 3.52. The van der Waals surface area contributed by atoms with E-state index in [0.29, 0.717) is 23.7 Å². The van der Waals surface area contributed by atoms with Gasteiger partial charge in [-0.15, -0.1) is 0 Å². The van der Waals surface area contributed by atoms with Crippen molar-refractivity contribution in [3.05, 3.63) is 59.9 Å². The number of aromatic nitrogens is 3. The lowest BCUT2D eigenvalue weighted by Gasteiger charge is -2.13. The molecule has 1 aliphatic rings. The second kappa shape index (κ2) is 7.91. The van der Waals surface area contributed by atoms with Crippen molar-refractivity contribution in [2.75, 3.05) is 23.9 Å². The van der Waals surface area contributed by atoms with Crippen molar-refractivity contribution in [3.63, 3.8) is 0 Å². The largest absolute Gasteiger partial charge is 0.497 e. The number of pyridine rings is 1. The lowest BCUT2D eigenvalue weighted by atomic mass is 10.1. The van der Waals surface area contributed by atoms with Crippen LogP contribution < -0.4 is 10.1 Å². The molecule has 1 N–H and O–H groups in total. The molecule has 30 heavy (non-hydrogen) atoms. The molecular weight excluding hydrogens is 404 g/mol. The van der Waals surface area contributed by atoms with Crippen molar-refractivity contribution in [2.45, 2.75) is 19.4 Å². The van der Waals surface area contributed by atoms with Crippen molar-refractivity contribution in [2.24, 2.45) is 0 Å². The van der Waals surface area contributed by atoms with Crippen LogP contribution in [0.2, 0.25) is 0 Å². The molecular formula is C21H22N4O4S. The van der Waals surface area contributed by atoms with Gasteiger partial charge in [0, 0.05) is 11.8 Å². The smallest absolute Gasteiger partial charge is 0.277 e. The summed E-state index contributed by atoms with van der Waals surface area (Å²) in [7, 11) is -1.52. The number of carbonyl (C=O) groups excluding carboxylic acids is 1. The summed E-state index contributed by atoms with van der Waals surface area (Å²) in [5, 5.41) is 7.26. The van der Waals surface area contributed by atoms with Gasteiger partial charge in [-0.1, -0.05) is 6.07 Å². The first-order valence-corrected chi connectivity index (χ1v) is 11.4. The Morgan fingerprint density at radius 3 is 2.63 bits per heavy atom. The number of aryl methyl sites for hydroxylation is 1. The van der Waals surface area contributed by atoms with Crippen LogP contribution in [-0.4, -0.2) is 47.7 Å². The zero-order valence-corrected chi connectivity index (χ0v) is 17.5. The molecule has 8 nitrogen and oxygen atoms in total. The van der Waals surface area contributed by atoms with Gasteiger partial charge in [-0.2, -0.15) is 5.10 Å². The van der Waals surface area contributed by atoms with Gasteiger partial charge in [0.25, 0.3) is 5.91 Å². The summed E-state index contributed by atoms with van der Waals surface area (Å²) in [6.45, 7) is 1.85. The Hall–Kier alpha value is -3.20. The predicted octanol–water partition coefficient (Wildman–Crippen LogP) is 2.87. The number of ether oxygens (including phenoxy) is 1. The molecule has 0 unspecified atom stereocenters. The number of methoxy groups -OCH3 is 1. The third-order valence-corrected chi connectivity index (χ3v) is 6.90. The Labute approximate surface area is 174 Å². The molecule has 1 aromatic carbocycles. The minimum atomic E-state index is -3.11. The van der Waals surface area contributed by atoms with E-state index >= 15 is 0 Å². The SMILES string of the molecule is COc1ccc(-c2cc(C(=O)Nc3ncccc3C)nn2[C@@H]2CCS(=O)(=O)C2)cc1. The van der Waals surface area contributed by atoms with Gasteiger partial charge >= 0.3 is 0 Å². The Kier molecular flexibility index (Phi) is 5.29. The molecule has 2 aromatic heterocycles. The highest BCUT2D eigenvalue weighted by Crippen LogP contribution is 2.31. The van der Waals surface area contributed by atoms with Gasteiger partial charge in [0.05, 0.1) is 30.4 Å². The summed E-state index contributed by atoms with van der Waals surface area (Å²) < 4.78 is 30.9. The van der Waals surface area contributed by atoms with Gasteiger partial charge in [0.1, 0.15) is 11.6 Å². The highest BCUT2D eigenvalue weighted by molar-refractivity contribution is 7.91. The molecule has 156 valence electrons. The maximum absolute atomic E-state index is 12.8. The van der Waals surface area contributed by atoms with E-state index in [4.69, 9.17) is 4.74 Å². The van der Waals surface area contributed by atoms with Crippen LogP contribution in [0.1, 0.15) is 28.5 Å². The Bertz CT molecular complexity index is 1190. The quantitative estimate of drug-likeness (QED) is 0.673. The van der Waals surface area contributed by atoms with Crippen LogP contribution in [0.4, 0.5) is 5.82 Å². The summed E-state index contributed by atoms with van der Waals surface area (Å²) in [6, 6.07) is 12.4. The molecule has 3 heterocycles. The van der Waals surface area contributed by atoms with E-state index in [-0.39, 0.29) is 23.2 Å². The molecule has 0 bridgehead atoms. The van der Waals surface area contributed by atoms with Crippen LogP contribution in [0.15, 0.2) is 48.7 Å². The predicted molar refractivity (Wildman–Crippen MR) is 113 cm³/mol. The summed E-state index contributed by atoms with van der Waals surface area (Å²) in [5.41, 5.74) is 2.54. The third-order valence-electron chi connectivity index (χ3n) is 5.15. The Morgan fingerprint density at radius 1 is 1.23 bits per heavy atom. The van der Waals surface area contributed by atoms with E-state index in [1.807, 2.05) is 37.3 Å². The van der Waals surface area contributed by atoms with Gasteiger partial charge in [0.15, 0.2) is 15.5 Å². The molecule has 1 fully saturated rings. The van der Waals surface area contributed by atoms with E-state index in [1.54, 1.807) is 30.1 Å². The summed E-state index contributed by atoms with van der Waals surface area (Å²) in [4.78, 5) is 17.0. The standard InChI is InChI=1S/C21H22N4O4S/c1-14-4-3-10-22-20(14)23-21(26)18-12-19(15-5-7-17(29-2)8-6-15)25(24-18)16-9-11-30(27,28)13-16/h3-8,10,12,16H,9,11,13H2,1-2H3,(H,22,23,26)/t16-/m1/s1. The average Bonchev–Trinajstić information content (AvgIpc) is 3.33. The van der Waals surface area contributed by atoms with Crippen LogP contribution in [0.5, 0.6) is 5.75 Å². The minimum Gasteiger partial charge on any atom is -0.497 e. The maximum Gasteiger partial charge on any atom is 0.277 e. The van der Waals surface area contributed by atoms with Crippen LogP contribution in [0.25, 0.3) is 11.3 Å². The number of sulfone groups is 1. The number of nitrogens with one attached hydrogen (secondary N) is 1. The van der Waals surface area contributed by atoms with Gasteiger partial charge in [-0.05, 0) is 55.3 Å². The molecule has 1 atom stereocenters. The van der Waals surface area contributed by atoms with Gasteiger partial charge in [-0.3, -0.25) is 9.48 Å². The number of amides is 1. The van der Waals surface area contributed by atoms with Gasteiger partial charge < -0.3 is 10.1 Å². The van der Waals surface area contributed by atoms with Crippen molar-refractivity contribution < 1.29 is 17.9 Å². The second-order valence-electron chi connectivity index (χ2n) is 7.27. The molecule has 9 heteroatoms. The van der Waals surface area contributed by atoms with Crippen molar-refractivity contribution in [1.82, 2.24) is 14.8 Å². The lowest BCUT2D eigenvalue weighted by Crippen LogP contribution is -2.17. The Morgan fingerprint density at radius 2 is 2.00 bits per heavy atom. The molecule has 0 radical (unpaired) electrons. The molecule has 3 aromatic rings. The molecule has 0 spiro atoms. The number of benzene rings is 1. The monoisotopic (exact) mass is 426 g/mol. The second-order valence-corrected chi connectivity index (χ2v) is 9.50. The van der Waals surface area contributed by atoms with E-state index in [0.717, 1.165) is 11.1 Å². The highest BCUT2D eigenvalue weighted by atomic mass is 32.2. The van der Waals surface area contributed by atoms with E-state index < -0.39 is 15.7 Å². The number of hydrogen-bond acceptors (Lipinski definition) is 6. The Balaban J connectivity index is 1.71. The highest BCUT2D eigenvalue weighted by Gasteiger charge is 2.32. The minimum absolute atomic E-state index is 0.0121. The summed E-state index contributed by atoms with van der Waals surface area (Å²) >= 11 is 0. The molecule has 1 saturated heterocycles. The fraction of sp³-hybridized carbons (Fsp3) is 0.286. The van der Waals surface area contributed by atoms with Gasteiger partial charge in [-0.25, -0.2) is 13.4 Å². The lowest BCUT2D eigenvalue weighted by molar-refractivity contribution is 0.102. The summed E-state index contributed by atoms with van der Waals surface area (Å²) in [6.07, 6.45) is 2.07. The third kappa shape index (κ3) is 4.06. The molecule has 1 amide bonds. The van der Waals surface area contributed by atoms with E-state index in [9.17, 15) is 13.2 Å². The number of anilines is 1. The van der Waals surface area contributed by atoms with Gasteiger partial charge in [0.2, 0.25) is 0 Å². The van der Waals surface area contributed by atoms with Crippen molar-refractivity contribution in [1.29, 1.82) is 0 Å². The molecule has 4 rings (SSSR count). The first kappa shape index (κ1) is 20.1. The first-order valence-electron chi connectivity index (χ1n) is 9.53. The van der Waals surface area contributed by atoms with Crippen molar-refractivity contribution in [3.8, 4) is 17.0 Å². The molecule has 0 saturated carbocycles. The molecule has 0 aliphatic carbocycles. The first-order chi connectivity index (χ1) is 14.4. The normalized spacial score (nSPS) is 17.6. The van der Waals surface area contributed by atoms with E-state index in [1.165, 1.54) is 0 Å². The topological polar surface area (TPSA) is 103 Å². The van der Waals surface area contributed by atoms with Crippen LogP contribution in [-0.2, 0) is 9.84 Å². The number of carbonyl (C=O) groups is 1. The number of hydrogen-bond donors (Lipinski definition) is 1. The van der Waals surface area contributed by atoms with E-state index in [2.05, 4.69) is 15.4 Å². The van der Waals surface area contributed by atoms with Crippen LogP contribution >= 0.6 is 0 Å². The van der Waals surface area contributed by atoms with Crippen LogP contribution in [0, 0.1) is 6.92 Å². The maximum atomic E-state index is 12.8. The number of rotatable bonds is 5. The van der Waals surface area contributed by atoms with Crippen LogP contribution in [0.3, 0.4) is 0 Å². The fourth-order valence-corrected chi connectivity index (χ4v) is 5.21. The van der Waals surface area contributed by atoms with Crippen molar-refractivity contribution >= 4 is 21.6 Å².